The summed E-state index contributed by atoms with van der Waals surface area (Å²) in [5.41, 5.74) is 3.24. The highest BCUT2D eigenvalue weighted by atomic mass is 16.5. The number of aryl methyl sites for hydroxylation is 2. The molecular formula is C15H21NO4. The van der Waals surface area contributed by atoms with Crippen molar-refractivity contribution in [2.24, 2.45) is 0 Å². The predicted molar refractivity (Wildman–Crippen MR) is 76.0 cm³/mol. The lowest BCUT2D eigenvalue weighted by atomic mass is 10.1. The van der Waals surface area contributed by atoms with Gasteiger partial charge in [0.2, 0.25) is 0 Å². The Morgan fingerprint density at radius 3 is 2.60 bits per heavy atom. The van der Waals surface area contributed by atoms with Gasteiger partial charge in [-0.2, -0.15) is 0 Å². The smallest absolute Gasteiger partial charge is 0.303 e. The third-order valence-electron chi connectivity index (χ3n) is 3.01. The standard InChI is InChI=1S/C15H21NO4/c1-10-7-11(2)12(3)13(8-10)20-9-14(17)16-6-4-5-15(18)19/h7-8H,4-6,9H2,1-3H3,(H,16,17)(H,18,19). The fourth-order valence-electron chi connectivity index (χ4n) is 1.81. The Morgan fingerprint density at radius 1 is 1.25 bits per heavy atom. The molecule has 5 nitrogen and oxygen atoms in total. The molecule has 0 bridgehead atoms. The molecule has 1 rings (SSSR count). The maximum atomic E-state index is 11.6. The van der Waals surface area contributed by atoms with E-state index in [0.717, 1.165) is 16.7 Å². The largest absolute Gasteiger partial charge is 0.483 e. The number of carboxylic acid groups (broad SMARTS) is 1. The van der Waals surface area contributed by atoms with Crippen LogP contribution in [-0.2, 0) is 9.59 Å². The van der Waals surface area contributed by atoms with E-state index in [4.69, 9.17) is 9.84 Å². The van der Waals surface area contributed by atoms with Crippen molar-refractivity contribution in [1.29, 1.82) is 0 Å². The number of nitrogens with one attached hydrogen (secondary N) is 1. The molecule has 0 aromatic heterocycles. The first-order valence-corrected chi connectivity index (χ1v) is 6.59. The summed E-state index contributed by atoms with van der Waals surface area (Å²) in [6.07, 6.45) is 0.473. The van der Waals surface area contributed by atoms with Crippen molar-refractivity contribution in [2.75, 3.05) is 13.2 Å². The van der Waals surface area contributed by atoms with Crippen molar-refractivity contribution in [1.82, 2.24) is 5.32 Å². The average molecular weight is 279 g/mol. The number of carboxylic acids is 1. The second kappa shape index (κ2) is 7.53. The zero-order valence-electron chi connectivity index (χ0n) is 12.2. The van der Waals surface area contributed by atoms with Gasteiger partial charge in [-0.15, -0.1) is 0 Å². The van der Waals surface area contributed by atoms with Gasteiger partial charge >= 0.3 is 5.97 Å². The Bertz CT molecular complexity index is 497. The van der Waals surface area contributed by atoms with Crippen LogP contribution >= 0.6 is 0 Å². The Balaban J connectivity index is 2.39. The summed E-state index contributed by atoms with van der Waals surface area (Å²) in [5.74, 6) is -0.390. The van der Waals surface area contributed by atoms with E-state index in [1.54, 1.807) is 0 Å². The minimum absolute atomic E-state index is 0.0529. The van der Waals surface area contributed by atoms with Crippen LogP contribution in [0.5, 0.6) is 5.75 Å². The van der Waals surface area contributed by atoms with E-state index in [2.05, 4.69) is 11.4 Å². The Kier molecular flexibility index (Phi) is 6.03. The Morgan fingerprint density at radius 2 is 1.95 bits per heavy atom. The molecule has 20 heavy (non-hydrogen) atoms. The van der Waals surface area contributed by atoms with Crippen LogP contribution in [0.2, 0.25) is 0 Å². The molecule has 110 valence electrons. The van der Waals surface area contributed by atoms with Gasteiger partial charge in [-0.1, -0.05) is 6.07 Å². The number of amides is 1. The molecule has 0 aliphatic rings. The summed E-state index contributed by atoms with van der Waals surface area (Å²) in [4.78, 5) is 21.9. The van der Waals surface area contributed by atoms with Crippen LogP contribution < -0.4 is 10.1 Å². The van der Waals surface area contributed by atoms with Gasteiger partial charge in [-0.25, -0.2) is 0 Å². The number of ether oxygens (including phenoxy) is 1. The molecule has 0 unspecified atom stereocenters. The van der Waals surface area contributed by atoms with Crippen molar-refractivity contribution in [3.05, 3.63) is 28.8 Å². The monoisotopic (exact) mass is 279 g/mol. The molecule has 2 N–H and O–H groups in total. The number of rotatable bonds is 7. The molecule has 0 aliphatic carbocycles. The lowest BCUT2D eigenvalue weighted by molar-refractivity contribution is -0.137. The van der Waals surface area contributed by atoms with Gasteiger partial charge in [0.25, 0.3) is 5.91 Å². The van der Waals surface area contributed by atoms with Crippen LogP contribution in [0, 0.1) is 20.8 Å². The van der Waals surface area contributed by atoms with E-state index in [-0.39, 0.29) is 18.9 Å². The van der Waals surface area contributed by atoms with Crippen LogP contribution in [0.15, 0.2) is 12.1 Å². The van der Waals surface area contributed by atoms with Crippen LogP contribution in [0.3, 0.4) is 0 Å². The molecule has 1 aromatic rings. The first-order valence-electron chi connectivity index (χ1n) is 6.59. The highest BCUT2D eigenvalue weighted by Gasteiger charge is 2.07. The molecule has 0 heterocycles. The molecule has 0 atom stereocenters. The SMILES string of the molecule is Cc1cc(C)c(C)c(OCC(=O)NCCCC(=O)O)c1. The molecule has 0 saturated carbocycles. The predicted octanol–water partition coefficient (Wildman–Crippen LogP) is 1.97. The first kappa shape index (κ1) is 16.0. The lowest BCUT2D eigenvalue weighted by Gasteiger charge is -2.12. The van der Waals surface area contributed by atoms with Gasteiger partial charge < -0.3 is 15.2 Å². The van der Waals surface area contributed by atoms with Gasteiger partial charge in [-0.05, 0) is 49.9 Å². The number of aliphatic carboxylic acids is 1. The van der Waals surface area contributed by atoms with Crippen LogP contribution in [-0.4, -0.2) is 30.1 Å². The molecule has 0 aliphatic heterocycles. The minimum atomic E-state index is -0.860. The second-order valence-corrected chi connectivity index (χ2v) is 4.84. The summed E-state index contributed by atoms with van der Waals surface area (Å²) in [6.45, 7) is 6.22. The van der Waals surface area contributed by atoms with E-state index < -0.39 is 5.97 Å². The number of hydrogen-bond acceptors (Lipinski definition) is 3. The average Bonchev–Trinajstić information content (AvgIpc) is 2.37. The molecule has 0 fully saturated rings. The summed E-state index contributed by atoms with van der Waals surface area (Å²) in [5, 5.41) is 11.1. The van der Waals surface area contributed by atoms with Crippen LogP contribution in [0.25, 0.3) is 0 Å². The molecule has 0 radical (unpaired) electrons. The van der Waals surface area contributed by atoms with E-state index >= 15 is 0 Å². The molecule has 1 amide bonds. The number of carbonyl (C=O) groups is 2. The third-order valence-corrected chi connectivity index (χ3v) is 3.01. The van der Waals surface area contributed by atoms with E-state index in [1.807, 2.05) is 26.8 Å². The molecule has 0 spiro atoms. The van der Waals surface area contributed by atoms with E-state index in [9.17, 15) is 9.59 Å². The summed E-state index contributed by atoms with van der Waals surface area (Å²) < 4.78 is 5.51. The maximum absolute atomic E-state index is 11.6. The van der Waals surface area contributed by atoms with Crippen molar-refractivity contribution in [3.8, 4) is 5.75 Å². The van der Waals surface area contributed by atoms with Crippen LogP contribution in [0.4, 0.5) is 0 Å². The maximum Gasteiger partial charge on any atom is 0.303 e. The summed E-state index contributed by atoms with van der Waals surface area (Å²) in [6, 6.07) is 3.97. The van der Waals surface area contributed by atoms with E-state index in [0.29, 0.717) is 18.7 Å². The first-order chi connectivity index (χ1) is 9.40. The molecular weight excluding hydrogens is 258 g/mol. The van der Waals surface area contributed by atoms with Crippen molar-refractivity contribution in [3.63, 3.8) is 0 Å². The highest BCUT2D eigenvalue weighted by molar-refractivity contribution is 5.77. The topological polar surface area (TPSA) is 75.6 Å². The molecule has 5 heteroatoms. The van der Waals surface area contributed by atoms with Crippen LogP contribution in [0.1, 0.15) is 29.5 Å². The zero-order chi connectivity index (χ0) is 15.1. The van der Waals surface area contributed by atoms with Crippen molar-refractivity contribution < 1.29 is 19.4 Å². The van der Waals surface area contributed by atoms with Crippen molar-refractivity contribution in [2.45, 2.75) is 33.6 Å². The lowest BCUT2D eigenvalue weighted by Crippen LogP contribution is -2.30. The van der Waals surface area contributed by atoms with Crippen molar-refractivity contribution >= 4 is 11.9 Å². The summed E-state index contributed by atoms with van der Waals surface area (Å²) >= 11 is 0. The fraction of sp³-hybridized carbons (Fsp3) is 0.467. The quantitative estimate of drug-likeness (QED) is 0.748. The molecule has 1 aromatic carbocycles. The third kappa shape index (κ3) is 5.30. The number of carbonyl (C=O) groups excluding carboxylic acids is 1. The number of benzene rings is 1. The summed E-state index contributed by atoms with van der Waals surface area (Å²) in [7, 11) is 0. The van der Waals surface area contributed by atoms with E-state index in [1.165, 1.54) is 0 Å². The highest BCUT2D eigenvalue weighted by Crippen LogP contribution is 2.23. The van der Waals surface area contributed by atoms with Gasteiger partial charge in [0.1, 0.15) is 5.75 Å². The van der Waals surface area contributed by atoms with Gasteiger partial charge in [0.05, 0.1) is 0 Å². The Hall–Kier alpha value is -2.04. The molecule has 0 saturated heterocycles. The normalized spacial score (nSPS) is 10.2. The fourth-order valence-corrected chi connectivity index (χ4v) is 1.81. The number of hydrogen-bond donors (Lipinski definition) is 2. The second-order valence-electron chi connectivity index (χ2n) is 4.84. The Labute approximate surface area is 118 Å². The van der Waals surface area contributed by atoms with Gasteiger partial charge in [0.15, 0.2) is 6.61 Å². The zero-order valence-corrected chi connectivity index (χ0v) is 12.2. The van der Waals surface area contributed by atoms with Gasteiger partial charge in [-0.3, -0.25) is 9.59 Å². The minimum Gasteiger partial charge on any atom is -0.483 e. The van der Waals surface area contributed by atoms with Gasteiger partial charge in [0, 0.05) is 13.0 Å².